The van der Waals surface area contributed by atoms with Gasteiger partial charge < -0.3 is 5.32 Å². The van der Waals surface area contributed by atoms with Crippen molar-refractivity contribution in [3.05, 3.63) is 57.5 Å². The van der Waals surface area contributed by atoms with Crippen LogP contribution in [0.4, 0.5) is 11.4 Å². The number of anilines is 2. The number of sulfonamides is 1. The molecule has 0 unspecified atom stereocenters. The van der Waals surface area contributed by atoms with E-state index in [4.69, 9.17) is 11.6 Å². The Hall–Kier alpha value is -1.90. The van der Waals surface area contributed by atoms with E-state index < -0.39 is 27.3 Å². The summed E-state index contributed by atoms with van der Waals surface area (Å²) in [4.78, 5) is 25.1. The summed E-state index contributed by atoms with van der Waals surface area (Å²) in [6, 6.07) is 11.2. The Balaban J connectivity index is 1.96. The zero-order valence-corrected chi connectivity index (χ0v) is 17.7. The largest absolute Gasteiger partial charge is 0.322 e. The van der Waals surface area contributed by atoms with Crippen LogP contribution in [0.5, 0.6) is 0 Å². The number of nitrogens with one attached hydrogen (secondary N) is 1. The topological polar surface area (TPSA) is 83.6 Å². The summed E-state index contributed by atoms with van der Waals surface area (Å²) in [6.07, 6.45) is 0. The van der Waals surface area contributed by atoms with Crippen molar-refractivity contribution in [3.63, 3.8) is 0 Å². The molecular formula is C18H16BrClN2O4S. The average molecular weight is 472 g/mol. The monoisotopic (exact) mass is 470 g/mol. The van der Waals surface area contributed by atoms with Gasteiger partial charge in [0.1, 0.15) is 0 Å². The molecule has 0 spiro atoms. The third kappa shape index (κ3) is 3.88. The second kappa shape index (κ2) is 6.92. The van der Waals surface area contributed by atoms with E-state index >= 15 is 0 Å². The Morgan fingerprint density at radius 3 is 2.37 bits per heavy atom. The molecule has 2 aromatic rings. The van der Waals surface area contributed by atoms with E-state index in [2.05, 4.69) is 21.2 Å². The molecule has 0 atom stereocenters. The number of halogens is 2. The van der Waals surface area contributed by atoms with Gasteiger partial charge in [0.2, 0.25) is 15.9 Å². The minimum Gasteiger partial charge on any atom is -0.322 e. The molecule has 0 saturated carbocycles. The van der Waals surface area contributed by atoms with Crippen molar-refractivity contribution in [3.8, 4) is 0 Å². The van der Waals surface area contributed by atoms with E-state index in [-0.39, 0.29) is 22.0 Å². The first-order valence-electron chi connectivity index (χ1n) is 7.95. The van der Waals surface area contributed by atoms with Gasteiger partial charge in [-0.15, -0.1) is 0 Å². The number of amides is 2. The Labute approximate surface area is 170 Å². The number of benzene rings is 2. The second-order valence-electron chi connectivity index (χ2n) is 6.84. The lowest BCUT2D eigenvalue weighted by Crippen LogP contribution is -2.33. The summed E-state index contributed by atoms with van der Waals surface area (Å²) in [6.45, 7) is 3.12. The molecule has 2 amide bonds. The highest BCUT2D eigenvalue weighted by Crippen LogP contribution is 2.39. The minimum absolute atomic E-state index is 0.0179. The molecule has 9 heteroatoms. The van der Waals surface area contributed by atoms with Crippen molar-refractivity contribution < 1.29 is 18.0 Å². The van der Waals surface area contributed by atoms with Gasteiger partial charge in [-0.1, -0.05) is 27.5 Å². The lowest BCUT2D eigenvalue weighted by atomic mass is 9.95. The third-order valence-corrected chi connectivity index (χ3v) is 6.97. The van der Waals surface area contributed by atoms with Gasteiger partial charge in [-0.25, -0.2) is 12.7 Å². The predicted molar refractivity (Wildman–Crippen MR) is 109 cm³/mol. The van der Waals surface area contributed by atoms with E-state index in [0.717, 1.165) is 4.47 Å². The summed E-state index contributed by atoms with van der Waals surface area (Å²) in [7, 11) is -3.86. The van der Waals surface area contributed by atoms with E-state index in [1.54, 1.807) is 38.1 Å². The molecule has 1 saturated heterocycles. The molecule has 6 nitrogen and oxygen atoms in total. The molecule has 1 aliphatic rings. The van der Waals surface area contributed by atoms with Gasteiger partial charge in [0.25, 0.3) is 5.91 Å². The van der Waals surface area contributed by atoms with Gasteiger partial charge in [-0.3, -0.25) is 9.59 Å². The first-order valence-corrected chi connectivity index (χ1v) is 10.7. The van der Waals surface area contributed by atoms with Crippen LogP contribution < -0.4 is 9.62 Å². The molecule has 0 bridgehead atoms. The van der Waals surface area contributed by atoms with E-state index in [0.29, 0.717) is 9.99 Å². The lowest BCUT2D eigenvalue weighted by Gasteiger charge is -2.19. The summed E-state index contributed by atoms with van der Waals surface area (Å²) < 4.78 is 26.5. The van der Waals surface area contributed by atoms with Gasteiger partial charge in [-0.05, 0) is 56.3 Å². The first-order chi connectivity index (χ1) is 12.5. The summed E-state index contributed by atoms with van der Waals surface area (Å²) in [5.74, 6) is -1.33. The van der Waals surface area contributed by atoms with E-state index in [9.17, 15) is 18.0 Å². The fourth-order valence-electron chi connectivity index (χ4n) is 2.79. The average Bonchev–Trinajstić information content (AvgIpc) is 2.73. The maximum absolute atomic E-state index is 12.6. The number of nitrogens with zero attached hydrogens (tertiary/aromatic N) is 1. The molecule has 0 radical (unpaired) electrons. The van der Waals surface area contributed by atoms with Gasteiger partial charge in [0.15, 0.2) is 0 Å². The van der Waals surface area contributed by atoms with E-state index in [1.807, 2.05) is 0 Å². The lowest BCUT2D eigenvalue weighted by molar-refractivity contribution is -0.123. The molecule has 3 rings (SSSR count). The molecular weight excluding hydrogens is 456 g/mol. The van der Waals surface area contributed by atoms with Crippen LogP contribution in [0.2, 0.25) is 5.02 Å². The minimum atomic E-state index is -3.86. The standard InChI is InChI=1S/C18H16BrClN2O4S/c1-18(2)10-27(25,26)22(17(18)24)15-9-11(3-8-14(15)20)16(23)21-13-6-4-12(19)5-7-13/h3-9H,10H2,1-2H3,(H,21,23). The second-order valence-corrected chi connectivity index (χ2v) is 9.98. The number of rotatable bonds is 3. The summed E-state index contributed by atoms with van der Waals surface area (Å²) in [5.41, 5.74) is -0.316. The highest BCUT2D eigenvalue weighted by Gasteiger charge is 2.50. The van der Waals surface area contributed by atoms with Crippen LogP contribution in [0.3, 0.4) is 0 Å². The van der Waals surface area contributed by atoms with Crippen molar-refractivity contribution >= 4 is 60.7 Å². The fourth-order valence-corrected chi connectivity index (χ4v) is 5.42. The molecule has 2 aromatic carbocycles. The van der Waals surface area contributed by atoms with Crippen molar-refractivity contribution in [2.24, 2.45) is 5.41 Å². The van der Waals surface area contributed by atoms with Gasteiger partial charge in [0.05, 0.1) is 21.9 Å². The smallest absolute Gasteiger partial charge is 0.255 e. The molecule has 1 aliphatic heterocycles. The maximum Gasteiger partial charge on any atom is 0.255 e. The Morgan fingerprint density at radius 2 is 1.81 bits per heavy atom. The summed E-state index contributed by atoms with van der Waals surface area (Å²) >= 11 is 9.46. The molecule has 0 aromatic heterocycles. The molecule has 142 valence electrons. The molecule has 1 N–H and O–H groups in total. The van der Waals surface area contributed by atoms with Crippen molar-refractivity contribution in [1.29, 1.82) is 0 Å². The number of hydrogen-bond acceptors (Lipinski definition) is 4. The van der Waals surface area contributed by atoms with Crippen LogP contribution in [0.15, 0.2) is 46.9 Å². The summed E-state index contributed by atoms with van der Waals surface area (Å²) in [5, 5.41) is 2.79. The molecule has 1 heterocycles. The number of carbonyl (C=O) groups excluding carboxylic acids is 2. The van der Waals surface area contributed by atoms with Crippen LogP contribution in [0, 0.1) is 5.41 Å². The number of carbonyl (C=O) groups is 2. The highest BCUT2D eigenvalue weighted by molar-refractivity contribution is 9.10. The van der Waals surface area contributed by atoms with Crippen LogP contribution in [0.1, 0.15) is 24.2 Å². The van der Waals surface area contributed by atoms with E-state index in [1.165, 1.54) is 18.2 Å². The fraction of sp³-hybridized carbons (Fsp3) is 0.222. The highest BCUT2D eigenvalue weighted by atomic mass is 79.9. The van der Waals surface area contributed by atoms with Crippen LogP contribution >= 0.6 is 27.5 Å². The molecule has 27 heavy (non-hydrogen) atoms. The molecule has 0 aliphatic carbocycles. The van der Waals surface area contributed by atoms with Crippen LogP contribution in [0.25, 0.3) is 0 Å². The van der Waals surface area contributed by atoms with Crippen molar-refractivity contribution in [2.45, 2.75) is 13.8 Å². The van der Waals surface area contributed by atoms with Crippen molar-refractivity contribution in [1.82, 2.24) is 0 Å². The number of hydrogen-bond donors (Lipinski definition) is 1. The quantitative estimate of drug-likeness (QED) is 0.732. The van der Waals surface area contributed by atoms with Gasteiger partial charge >= 0.3 is 0 Å². The SMILES string of the molecule is CC1(C)CS(=O)(=O)N(c2cc(C(=O)Nc3ccc(Br)cc3)ccc2Cl)C1=O. The zero-order valence-electron chi connectivity index (χ0n) is 14.5. The van der Waals surface area contributed by atoms with Crippen LogP contribution in [-0.2, 0) is 14.8 Å². The Morgan fingerprint density at radius 1 is 1.19 bits per heavy atom. The normalized spacial score (nSPS) is 17.8. The zero-order chi connectivity index (χ0) is 20.0. The maximum atomic E-state index is 12.6. The Bertz CT molecular complexity index is 1040. The Kier molecular flexibility index (Phi) is 5.09. The third-order valence-electron chi connectivity index (χ3n) is 4.11. The molecule has 1 fully saturated rings. The van der Waals surface area contributed by atoms with Gasteiger partial charge in [-0.2, -0.15) is 0 Å². The first kappa shape index (κ1) is 19.9. The van der Waals surface area contributed by atoms with Crippen LogP contribution in [-0.4, -0.2) is 26.0 Å². The predicted octanol–water partition coefficient (Wildman–Crippen LogP) is 4.06. The van der Waals surface area contributed by atoms with Crippen molar-refractivity contribution in [2.75, 3.05) is 15.4 Å². The van der Waals surface area contributed by atoms with Gasteiger partial charge in [0, 0.05) is 15.7 Å².